The van der Waals surface area contributed by atoms with E-state index in [2.05, 4.69) is 38.1 Å². The van der Waals surface area contributed by atoms with Crippen molar-refractivity contribution in [1.82, 2.24) is 0 Å². The van der Waals surface area contributed by atoms with E-state index in [-0.39, 0.29) is 5.92 Å². The van der Waals surface area contributed by atoms with Crippen LogP contribution in [-0.2, 0) is 11.2 Å². The van der Waals surface area contributed by atoms with Gasteiger partial charge in [0.05, 0.1) is 0 Å². The van der Waals surface area contributed by atoms with Gasteiger partial charge in [-0.05, 0) is 42.7 Å². The van der Waals surface area contributed by atoms with Crippen molar-refractivity contribution in [3.8, 4) is 0 Å². The smallest absolute Gasteiger partial charge is 0.140 e. The minimum absolute atomic E-state index is 0.169. The summed E-state index contributed by atoms with van der Waals surface area (Å²) in [5.74, 6) is 1.30. The third kappa shape index (κ3) is 4.97. The van der Waals surface area contributed by atoms with Crippen molar-refractivity contribution in [3.05, 3.63) is 35.4 Å². The van der Waals surface area contributed by atoms with Gasteiger partial charge in [0.2, 0.25) is 0 Å². The molecule has 0 aromatic heterocycles. The zero-order valence-corrected chi connectivity index (χ0v) is 14.4. The van der Waals surface area contributed by atoms with Gasteiger partial charge in [0.1, 0.15) is 5.78 Å². The SMILES string of the molecule is CCCCC[C@H]1CC[C@H](c2ccc(CCCC)cc2)C(=O)C1. The summed E-state index contributed by atoms with van der Waals surface area (Å²) >= 11 is 0. The van der Waals surface area contributed by atoms with E-state index in [4.69, 9.17) is 0 Å². The summed E-state index contributed by atoms with van der Waals surface area (Å²) in [5, 5.41) is 0. The number of hydrogen-bond donors (Lipinski definition) is 0. The first-order chi connectivity index (χ1) is 10.7. The second kappa shape index (κ2) is 9.12. The molecular weight excluding hydrogens is 268 g/mol. The van der Waals surface area contributed by atoms with Gasteiger partial charge in [-0.15, -0.1) is 0 Å². The van der Waals surface area contributed by atoms with Gasteiger partial charge in [-0.3, -0.25) is 4.79 Å². The van der Waals surface area contributed by atoms with Crippen LogP contribution >= 0.6 is 0 Å². The maximum absolute atomic E-state index is 12.5. The molecule has 1 saturated carbocycles. The minimum atomic E-state index is 0.169. The second-order valence-electron chi connectivity index (χ2n) is 7.01. The number of unbranched alkanes of at least 4 members (excludes halogenated alkanes) is 3. The third-order valence-corrected chi connectivity index (χ3v) is 5.16. The minimum Gasteiger partial charge on any atom is -0.299 e. The van der Waals surface area contributed by atoms with Crippen molar-refractivity contribution in [1.29, 1.82) is 0 Å². The fourth-order valence-electron chi connectivity index (χ4n) is 3.67. The van der Waals surface area contributed by atoms with E-state index in [0.29, 0.717) is 11.7 Å². The first-order valence-electron chi connectivity index (χ1n) is 9.36. The Morgan fingerprint density at radius 3 is 2.32 bits per heavy atom. The number of carbonyl (C=O) groups is 1. The molecule has 0 bridgehead atoms. The highest BCUT2D eigenvalue weighted by molar-refractivity contribution is 5.86. The van der Waals surface area contributed by atoms with Gasteiger partial charge in [-0.25, -0.2) is 0 Å². The molecule has 0 saturated heterocycles. The maximum Gasteiger partial charge on any atom is 0.140 e. The maximum atomic E-state index is 12.5. The summed E-state index contributed by atoms with van der Waals surface area (Å²) in [6, 6.07) is 8.85. The van der Waals surface area contributed by atoms with Crippen molar-refractivity contribution < 1.29 is 4.79 Å². The highest BCUT2D eigenvalue weighted by Gasteiger charge is 2.29. The highest BCUT2D eigenvalue weighted by Crippen LogP contribution is 2.35. The van der Waals surface area contributed by atoms with Crippen molar-refractivity contribution in [3.63, 3.8) is 0 Å². The predicted molar refractivity (Wildman–Crippen MR) is 94.3 cm³/mol. The Morgan fingerprint density at radius 1 is 0.955 bits per heavy atom. The Hall–Kier alpha value is -1.11. The molecule has 2 rings (SSSR count). The Labute approximate surface area is 136 Å². The monoisotopic (exact) mass is 300 g/mol. The van der Waals surface area contributed by atoms with Crippen molar-refractivity contribution in [2.45, 2.75) is 84.0 Å². The zero-order chi connectivity index (χ0) is 15.8. The van der Waals surface area contributed by atoms with Crippen LogP contribution in [0.5, 0.6) is 0 Å². The van der Waals surface area contributed by atoms with E-state index in [0.717, 1.165) is 19.3 Å². The Kier molecular flexibility index (Phi) is 7.15. The summed E-state index contributed by atoms with van der Waals surface area (Å²) in [7, 11) is 0. The third-order valence-electron chi connectivity index (χ3n) is 5.16. The largest absolute Gasteiger partial charge is 0.299 e. The molecule has 0 radical (unpaired) electrons. The number of benzene rings is 1. The normalized spacial score (nSPS) is 22.0. The van der Waals surface area contributed by atoms with Crippen LogP contribution in [0.3, 0.4) is 0 Å². The molecule has 0 N–H and O–H groups in total. The lowest BCUT2D eigenvalue weighted by Gasteiger charge is -2.27. The molecule has 1 aliphatic rings. The van der Waals surface area contributed by atoms with Gasteiger partial charge in [0.25, 0.3) is 0 Å². The molecule has 1 nitrogen and oxygen atoms in total. The molecule has 0 spiro atoms. The number of carbonyl (C=O) groups excluding carboxylic acids is 1. The number of Topliss-reactive ketones (excluding diaryl/α,β-unsaturated/α-hetero) is 1. The summed E-state index contributed by atoms with van der Waals surface area (Å²) in [4.78, 5) is 12.5. The average molecular weight is 300 g/mol. The van der Waals surface area contributed by atoms with E-state index in [9.17, 15) is 4.79 Å². The first kappa shape index (κ1) is 17.2. The molecule has 0 amide bonds. The van der Waals surface area contributed by atoms with Crippen LogP contribution in [-0.4, -0.2) is 5.78 Å². The van der Waals surface area contributed by atoms with E-state index < -0.39 is 0 Å². The lowest BCUT2D eigenvalue weighted by atomic mass is 9.76. The van der Waals surface area contributed by atoms with E-state index in [1.54, 1.807) is 0 Å². The quantitative estimate of drug-likeness (QED) is 0.533. The van der Waals surface area contributed by atoms with Crippen LogP contribution in [0, 0.1) is 5.92 Å². The van der Waals surface area contributed by atoms with Crippen molar-refractivity contribution >= 4 is 5.78 Å². The molecule has 1 heteroatoms. The molecular formula is C21H32O. The van der Waals surface area contributed by atoms with Crippen molar-refractivity contribution in [2.75, 3.05) is 0 Å². The van der Waals surface area contributed by atoms with E-state index in [1.165, 1.54) is 56.1 Å². The molecule has 0 aliphatic heterocycles. The molecule has 2 atom stereocenters. The van der Waals surface area contributed by atoms with Gasteiger partial charge in [-0.1, -0.05) is 70.2 Å². The van der Waals surface area contributed by atoms with Gasteiger partial charge in [0, 0.05) is 12.3 Å². The van der Waals surface area contributed by atoms with Gasteiger partial charge in [-0.2, -0.15) is 0 Å². The average Bonchev–Trinajstić information content (AvgIpc) is 2.54. The van der Waals surface area contributed by atoms with Crippen LogP contribution in [0.2, 0.25) is 0 Å². The van der Waals surface area contributed by atoms with Crippen LogP contribution in [0.4, 0.5) is 0 Å². The first-order valence-corrected chi connectivity index (χ1v) is 9.36. The predicted octanol–water partition coefficient (Wildman–Crippen LogP) is 6.06. The lowest BCUT2D eigenvalue weighted by Crippen LogP contribution is -2.23. The van der Waals surface area contributed by atoms with Gasteiger partial charge >= 0.3 is 0 Å². The Morgan fingerprint density at radius 2 is 1.68 bits per heavy atom. The molecule has 1 aromatic rings. The van der Waals surface area contributed by atoms with E-state index >= 15 is 0 Å². The molecule has 0 unspecified atom stereocenters. The number of aryl methyl sites for hydroxylation is 1. The fraction of sp³-hybridized carbons (Fsp3) is 0.667. The molecule has 1 fully saturated rings. The summed E-state index contributed by atoms with van der Waals surface area (Å²) in [5.41, 5.74) is 2.66. The van der Waals surface area contributed by atoms with Crippen LogP contribution in [0.25, 0.3) is 0 Å². The van der Waals surface area contributed by atoms with Gasteiger partial charge < -0.3 is 0 Å². The topological polar surface area (TPSA) is 17.1 Å². The van der Waals surface area contributed by atoms with Crippen LogP contribution in [0.1, 0.15) is 88.7 Å². The Balaban J connectivity index is 1.87. The molecule has 22 heavy (non-hydrogen) atoms. The zero-order valence-electron chi connectivity index (χ0n) is 14.4. The van der Waals surface area contributed by atoms with E-state index in [1.807, 2.05) is 0 Å². The van der Waals surface area contributed by atoms with Crippen molar-refractivity contribution in [2.24, 2.45) is 5.92 Å². The lowest BCUT2D eigenvalue weighted by molar-refractivity contribution is -0.123. The standard InChI is InChI=1S/C21H32O/c1-3-5-7-9-18-12-15-20(21(22)16-18)19-13-10-17(11-14-19)8-6-4-2/h10-11,13-14,18,20H,3-9,12,15-16H2,1-2H3/t18-,20+/m0/s1. The van der Waals surface area contributed by atoms with Crippen LogP contribution in [0.15, 0.2) is 24.3 Å². The number of hydrogen-bond acceptors (Lipinski definition) is 1. The molecule has 1 aliphatic carbocycles. The summed E-state index contributed by atoms with van der Waals surface area (Å²) in [6.07, 6.45) is 11.9. The number of rotatable bonds is 8. The van der Waals surface area contributed by atoms with Gasteiger partial charge in [0.15, 0.2) is 0 Å². The summed E-state index contributed by atoms with van der Waals surface area (Å²) in [6.45, 7) is 4.47. The highest BCUT2D eigenvalue weighted by atomic mass is 16.1. The molecule has 122 valence electrons. The second-order valence-corrected chi connectivity index (χ2v) is 7.01. The Bertz CT molecular complexity index is 445. The summed E-state index contributed by atoms with van der Waals surface area (Å²) < 4.78 is 0. The molecule has 0 heterocycles. The van der Waals surface area contributed by atoms with Crippen LogP contribution < -0.4 is 0 Å². The fourth-order valence-corrected chi connectivity index (χ4v) is 3.67. The molecule has 1 aromatic carbocycles. The number of ketones is 1.